The van der Waals surface area contributed by atoms with Crippen molar-refractivity contribution in [3.8, 4) is 23.0 Å². The van der Waals surface area contributed by atoms with E-state index in [2.05, 4.69) is 17.0 Å². The monoisotopic (exact) mass is 421 g/mol. The number of benzene rings is 3. The molecular formula is C25H27NO5. The van der Waals surface area contributed by atoms with Crippen LogP contribution in [0.3, 0.4) is 0 Å². The largest absolute Gasteiger partial charge is 0.508 e. The summed E-state index contributed by atoms with van der Waals surface area (Å²) in [5.74, 6) is 1.81. The molecule has 6 heteroatoms. The third kappa shape index (κ3) is 4.04. The Labute approximate surface area is 182 Å². The summed E-state index contributed by atoms with van der Waals surface area (Å²) in [4.78, 5) is 2.22. The molecule has 0 fully saturated rings. The molecule has 1 aliphatic heterocycles. The van der Waals surface area contributed by atoms with Crippen molar-refractivity contribution in [3.05, 3.63) is 82.9 Å². The molecule has 3 aromatic rings. The summed E-state index contributed by atoms with van der Waals surface area (Å²) in [6.07, 6.45) is -0.705. The number of nitrogens with zero attached hydrogens (tertiary/aromatic N) is 1. The van der Waals surface area contributed by atoms with Crippen LogP contribution >= 0.6 is 0 Å². The van der Waals surface area contributed by atoms with Crippen molar-refractivity contribution in [3.63, 3.8) is 0 Å². The number of hydrogen-bond acceptors (Lipinski definition) is 6. The van der Waals surface area contributed by atoms with Crippen molar-refractivity contribution in [2.45, 2.75) is 18.7 Å². The molecule has 0 saturated heterocycles. The second kappa shape index (κ2) is 8.88. The number of hydrogen-bond donors (Lipinski definition) is 2. The van der Waals surface area contributed by atoms with E-state index >= 15 is 0 Å². The summed E-state index contributed by atoms with van der Waals surface area (Å²) in [6, 6.07) is 19.0. The fourth-order valence-corrected chi connectivity index (χ4v) is 4.35. The number of phenolic OH excluding ortho intramolecular Hbond substituents is 1. The number of methoxy groups -OCH3 is 3. The Hall–Kier alpha value is -3.22. The van der Waals surface area contributed by atoms with Crippen LogP contribution in [0.1, 0.15) is 34.4 Å². The molecule has 31 heavy (non-hydrogen) atoms. The first-order valence-electron chi connectivity index (χ1n) is 10.1. The van der Waals surface area contributed by atoms with Gasteiger partial charge in [0, 0.05) is 13.1 Å². The quantitative estimate of drug-likeness (QED) is 0.626. The molecule has 2 atom stereocenters. The molecule has 4 rings (SSSR count). The molecule has 0 spiro atoms. The Kier molecular flexibility index (Phi) is 6.02. The SMILES string of the molecule is COc1cc(C2c3ccc(O)cc3C(O)CN2Cc2ccccc2)cc(OC)c1OC. The number of aliphatic hydroxyl groups is 1. The lowest BCUT2D eigenvalue weighted by Crippen LogP contribution is -2.38. The first-order chi connectivity index (χ1) is 15.0. The number of rotatable bonds is 6. The Bertz CT molecular complexity index is 1030. The number of aromatic hydroxyl groups is 1. The Morgan fingerprint density at radius 3 is 2.16 bits per heavy atom. The highest BCUT2D eigenvalue weighted by molar-refractivity contribution is 5.56. The lowest BCUT2D eigenvalue weighted by molar-refractivity contribution is 0.0724. The average molecular weight is 421 g/mol. The second-order valence-electron chi connectivity index (χ2n) is 7.61. The van der Waals surface area contributed by atoms with Crippen molar-refractivity contribution >= 4 is 0 Å². The normalized spacial score (nSPS) is 18.3. The molecule has 1 aliphatic rings. The summed E-state index contributed by atoms with van der Waals surface area (Å²) in [6.45, 7) is 1.08. The maximum absolute atomic E-state index is 10.9. The zero-order chi connectivity index (χ0) is 22.0. The third-order valence-corrected chi connectivity index (χ3v) is 5.73. The van der Waals surface area contributed by atoms with Gasteiger partial charge in [-0.2, -0.15) is 0 Å². The summed E-state index contributed by atoms with van der Waals surface area (Å²) >= 11 is 0. The van der Waals surface area contributed by atoms with Crippen LogP contribution in [-0.2, 0) is 6.54 Å². The highest BCUT2D eigenvalue weighted by Crippen LogP contribution is 2.46. The van der Waals surface area contributed by atoms with Crippen molar-refractivity contribution in [1.29, 1.82) is 0 Å². The fourth-order valence-electron chi connectivity index (χ4n) is 4.35. The van der Waals surface area contributed by atoms with Crippen LogP contribution in [0, 0.1) is 0 Å². The molecule has 0 aromatic heterocycles. The maximum Gasteiger partial charge on any atom is 0.203 e. The molecule has 3 aromatic carbocycles. The van der Waals surface area contributed by atoms with E-state index in [-0.39, 0.29) is 11.8 Å². The topological polar surface area (TPSA) is 71.4 Å². The third-order valence-electron chi connectivity index (χ3n) is 5.73. The summed E-state index contributed by atoms with van der Waals surface area (Å²) in [5, 5.41) is 20.9. The van der Waals surface area contributed by atoms with Crippen molar-refractivity contribution in [1.82, 2.24) is 4.90 Å². The molecule has 2 unspecified atom stereocenters. The molecule has 2 N–H and O–H groups in total. The number of aliphatic hydroxyl groups excluding tert-OH is 1. The van der Waals surface area contributed by atoms with Crippen LogP contribution in [0.25, 0.3) is 0 Å². The van der Waals surface area contributed by atoms with E-state index in [1.165, 1.54) is 0 Å². The Morgan fingerprint density at radius 1 is 0.871 bits per heavy atom. The minimum atomic E-state index is -0.705. The molecule has 0 amide bonds. The van der Waals surface area contributed by atoms with Crippen molar-refractivity contribution in [2.75, 3.05) is 27.9 Å². The predicted molar refractivity (Wildman–Crippen MR) is 118 cm³/mol. The molecular weight excluding hydrogens is 394 g/mol. The van der Waals surface area contributed by atoms with E-state index in [0.717, 1.165) is 22.3 Å². The van der Waals surface area contributed by atoms with E-state index in [0.29, 0.717) is 30.3 Å². The van der Waals surface area contributed by atoms with Gasteiger partial charge in [0.25, 0.3) is 0 Å². The van der Waals surface area contributed by atoms with Gasteiger partial charge in [0.05, 0.1) is 33.5 Å². The van der Waals surface area contributed by atoms with Gasteiger partial charge in [0.1, 0.15) is 5.75 Å². The number of ether oxygens (including phenoxy) is 3. The van der Waals surface area contributed by atoms with E-state index in [9.17, 15) is 10.2 Å². The fraction of sp³-hybridized carbons (Fsp3) is 0.280. The molecule has 162 valence electrons. The van der Waals surface area contributed by atoms with E-state index in [1.54, 1.807) is 33.5 Å². The molecule has 0 aliphatic carbocycles. The van der Waals surface area contributed by atoms with Crippen LogP contribution in [0.15, 0.2) is 60.7 Å². The predicted octanol–water partition coefficient (Wildman–Crippen LogP) is 4.06. The summed E-state index contributed by atoms with van der Waals surface area (Å²) < 4.78 is 16.6. The van der Waals surface area contributed by atoms with Gasteiger partial charge in [-0.1, -0.05) is 36.4 Å². The van der Waals surface area contributed by atoms with Crippen molar-refractivity contribution < 1.29 is 24.4 Å². The molecule has 0 radical (unpaired) electrons. The molecule has 0 saturated carbocycles. The van der Waals surface area contributed by atoms with Crippen LogP contribution < -0.4 is 14.2 Å². The van der Waals surface area contributed by atoms with Crippen LogP contribution in [0.4, 0.5) is 0 Å². The standard InChI is InChI=1S/C25H27NO5/c1-29-22-11-17(12-23(30-2)25(22)31-3)24-19-10-9-18(27)13-20(19)21(28)15-26(24)14-16-7-5-4-6-8-16/h4-13,21,24,27-28H,14-15H2,1-3H3. The Balaban J connectivity index is 1.87. The smallest absolute Gasteiger partial charge is 0.203 e. The number of β-amino-alcohol motifs (C(OH)–C–C–N with tert-alkyl or cyclic N) is 1. The van der Waals surface area contributed by atoms with Gasteiger partial charge in [-0.05, 0) is 46.5 Å². The lowest BCUT2D eigenvalue weighted by atomic mass is 9.86. The first kappa shape index (κ1) is 21.0. The van der Waals surface area contributed by atoms with Gasteiger partial charge in [-0.3, -0.25) is 4.90 Å². The summed E-state index contributed by atoms with van der Waals surface area (Å²) in [7, 11) is 4.77. The highest BCUT2D eigenvalue weighted by atomic mass is 16.5. The van der Waals surface area contributed by atoms with Crippen LogP contribution in [0.2, 0.25) is 0 Å². The van der Waals surface area contributed by atoms with Gasteiger partial charge in [-0.25, -0.2) is 0 Å². The van der Waals surface area contributed by atoms with Crippen LogP contribution in [0.5, 0.6) is 23.0 Å². The summed E-state index contributed by atoms with van der Waals surface area (Å²) in [5.41, 5.74) is 3.75. The first-order valence-corrected chi connectivity index (χ1v) is 10.1. The zero-order valence-electron chi connectivity index (χ0n) is 17.9. The maximum atomic E-state index is 10.9. The zero-order valence-corrected chi connectivity index (χ0v) is 17.9. The van der Waals surface area contributed by atoms with Gasteiger partial charge < -0.3 is 24.4 Å². The van der Waals surface area contributed by atoms with Crippen molar-refractivity contribution in [2.24, 2.45) is 0 Å². The minimum Gasteiger partial charge on any atom is -0.508 e. The lowest BCUT2D eigenvalue weighted by Gasteiger charge is -2.40. The second-order valence-corrected chi connectivity index (χ2v) is 7.61. The number of phenols is 1. The molecule has 6 nitrogen and oxygen atoms in total. The van der Waals surface area contributed by atoms with E-state index < -0.39 is 6.10 Å². The Morgan fingerprint density at radius 2 is 1.55 bits per heavy atom. The number of fused-ring (bicyclic) bond motifs is 1. The van der Waals surface area contributed by atoms with Gasteiger partial charge >= 0.3 is 0 Å². The van der Waals surface area contributed by atoms with Gasteiger partial charge in [0.2, 0.25) is 5.75 Å². The molecule has 0 bridgehead atoms. The van der Waals surface area contributed by atoms with E-state index in [4.69, 9.17) is 14.2 Å². The average Bonchev–Trinajstić information content (AvgIpc) is 2.79. The minimum absolute atomic E-state index is 0.137. The van der Waals surface area contributed by atoms with E-state index in [1.807, 2.05) is 36.4 Å². The van der Waals surface area contributed by atoms with Gasteiger partial charge in [0.15, 0.2) is 11.5 Å². The van der Waals surface area contributed by atoms with Gasteiger partial charge in [-0.15, -0.1) is 0 Å². The highest BCUT2D eigenvalue weighted by Gasteiger charge is 2.34. The molecule has 1 heterocycles. The van der Waals surface area contributed by atoms with Crippen LogP contribution in [-0.4, -0.2) is 43.0 Å².